The summed E-state index contributed by atoms with van der Waals surface area (Å²) in [5, 5.41) is 1.43. The van der Waals surface area contributed by atoms with Crippen molar-refractivity contribution in [1.29, 1.82) is 0 Å². The number of rotatable bonds is 0. The molecule has 75 valence electrons. The first-order valence-electron chi connectivity index (χ1n) is 4.09. The van der Waals surface area contributed by atoms with E-state index < -0.39 is 0 Å². The average molecular weight is 268 g/mol. The van der Waals surface area contributed by atoms with Gasteiger partial charge in [-0.1, -0.05) is 23.2 Å². The van der Waals surface area contributed by atoms with Gasteiger partial charge in [0.15, 0.2) is 0 Å². The molecule has 1 aliphatic carbocycles. The Balaban J connectivity index is 0.000000146. The second kappa shape index (κ2) is 6.31. The van der Waals surface area contributed by atoms with Crippen molar-refractivity contribution < 1.29 is 16.0 Å². The molecule has 0 fully saturated rings. The van der Waals surface area contributed by atoms with Gasteiger partial charge in [0, 0.05) is 10.0 Å². The summed E-state index contributed by atoms with van der Waals surface area (Å²) in [4.78, 5) is 0. The molecular formula is C11H9Cl2Fe. The summed E-state index contributed by atoms with van der Waals surface area (Å²) < 4.78 is 1.22. The van der Waals surface area contributed by atoms with E-state index in [-0.39, 0.29) is 0 Å². The molecule has 3 heteroatoms. The summed E-state index contributed by atoms with van der Waals surface area (Å²) in [5.74, 6) is 0. The molecule has 0 amide bonds. The van der Waals surface area contributed by atoms with Gasteiger partial charge >= 0.3 is 45.1 Å². The second-order valence-electron chi connectivity index (χ2n) is 2.67. The van der Waals surface area contributed by atoms with Gasteiger partial charge in [0.05, 0.1) is 0 Å². The molecule has 0 spiro atoms. The van der Waals surface area contributed by atoms with E-state index in [9.17, 15) is 0 Å². The Morgan fingerprint density at radius 3 is 1.71 bits per heavy atom. The van der Waals surface area contributed by atoms with Crippen LogP contribution in [0.4, 0.5) is 0 Å². The summed E-state index contributed by atoms with van der Waals surface area (Å²) in [6.45, 7) is 0. The van der Waals surface area contributed by atoms with E-state index in [1.54, 1.807) is 24.3 Å². The Bertz CT molecular complexity index is 318. The van der Waals surface area contributed by atoms with Gasteiger partial charge in [-0.25, -0.2) is 0 Å². The van der Waals surface area contributed by atoms with E-state index in [1.165, 1.54) is 4.47 Å². The maximum atomic E-state index is 5.55. The van der Waals surface area contributed by atoms with E-state index >= 15 is 0 Å². The van der Waals surface area contributed by atoms with E-state index in [0.717, 1.165) is 16.5 Å². The Kier molecular flexibility index (Phi) is 5.35. The van der Waals surface area contributed by atoms with Crippen LogP contribution < -0.4 is 0 Å². The molecule has 0 aliphatic heterocycles. The average Bonchev–Trinajstić information content (AvgIpc) is 2.63. The molecule has 1 aromatic carbocycles. The van der Waals surface area contributed by atoms with E-state index in [4.69, 9.17) is 23.2 Å². The molecule has 0 atom stereocenters. The van der Waals surface area contributed by atoms with Crippen molar-refractivity contribution in [3.63, 3.8) is 0 Å². The van der Waals surface area contributed by atoms with Crippen molar-refractivity contribution in [2.24, 2.45) is 0 Å². The fourth-order valence-electron chi connectivity index (χ4n) is 0.845. The van der Waals surface area contributed by atoms with Gasteiger partial charge in [-0.2, -0.15) is 0 Å². The third-order valence-electron chi connectivity index (χ3n) is 1.52. The second-order valence-corrected chi connectivity index (χ2v) is 4.25. The molecule has 0 radical (unpaired) electrons. The number of hydrogen-bond donors (Lipinski definition) is 0. The first kappa shape index (κ1) is 11.9. The SMILES string of the molecule is Clc1ccc(Cl)cc1.[Fe][C]1=CC=CC1. The standard InChI is InChI=1S/C6H4Cl2.C5H5.Fe/c7-5-1-2-6(8)4-3-5;1-2-4-5-3-1;/h1-4H;1-3H,4H2;. The molecule has 0 heterocycles. The maximum absolute atomic E-state index is 5.55. The molecule has 0 unspecified atom stereocenters. The molecule has 1 aromatic rings. The molecule has 1 aliphatic rings. The fraction of sp³-hybridized carbons (Fsp3) is 0.0909. The van der Waals surface area contributed by atoms with Gasteiger partial charge in [-0.05, 0) is 24.3 Å². The summed E-state index contributed by atoms with van der Waals surface area (Å²) >= 11 is 14.8. The summed E-state index contributed by atoms with van der Waals surface area (Å²) in [6, 6.07) is 7.02. The Morgan fingerprint density at radius 2 is 1.50 bits per heavy atom. The van der Waals surface area contributed by atoms with Crippen LogP contribution in [0.1, 0.15) is 6.42 Å². The molecule has 0 nitrogen and oxygen atoms in total. The predicted molar refractivity (Wildman–Crippen MR) is 58.3 cm³/mol. The fourth-order valence-corrected chi connectivity index (χ4v) is 1.33. The summed E-state index contributed by atoms with van der Waals surface area (Å²) in [6.07, 6.45) is 7.21. The van der Waals surface area contributed by atoms with E-state index in [2.05, 4.69) is 22.1 Å². The summed E-state index contributed by atoms with van der Waals surface area (Å²) in [7, 11) is 0. The van der Waals surface area contributed by atoms with Crippen LogP contribution in [0, 0.1) is 0 Å². The molecule has 14 heavy (non-hydrogen) atoms. The van der Waals surface area contributed by atoms with Crippen molar-refractivity contribution in [2.75, 3.05) is 0 Å². The quantitative estimate of drug-likeness (QED) is 0.613. The third-order valence-corrected chi connectivity index (χ3v) is 2.43. The number of halogens is 2. The third kappa shape index (κ3) is 4.88. The van der Waals surface area contributed by atoms with Crippen molar-refractivity contribution in [2.45, 2.75) is 6.42 Å². The zero-order valence-corrected chi connectivity index (χ0v) is 9.97. The monoisotopic (exact) mass is 267 g/mol. The zero-order chi connectivity index (χ0) is 10.4. The summed E-state index contributed by atoms with van der Waals surface area (Å²) in [5.41, 5.74) is 0. The Hall–Kier alpha value is -0.201. The van der Waals surface area contributed by atoms with Crippen LogP contribution in [0.2, 0.25) is 10.0 Å². The van der Waals surface area contributed by atoms with Crippen LogP contribution in [-0.2, 0) is 16.0 Å². The zero-order valence-electron chi connectivity index (χ0n) is 7.36. The number of allylic oxidation sites excluding steroid dienone is 4. The van der Waals surface area contributed by atoms with E-state index in [1.807, 2.05) is 12.2 Å². The minimum absolute atomic E-state index is 0.717. The molecule has 0 saturated heterocycles. The van der Waals surface area contributed by atoms with Gasteiger partial charge in [0.1, 0.15) is 0 Å². The normalized spacial score (nSPS) is 13.2. The van der Waals surface area contributed by atoms with Gasteiger partial charge in [0.2, 0.25) is 0 Å². The molecule has 0 aromatic heterocycles. The van der Waals surface area contributed by atoms with E-state index in [0.29, 0.717) is 0 Å². The first-order chi connectivity index (χ1) is 6.68. The molecule has 2 rings (SSSR count). The Morgan fingerprint density at radius 1 is 1.00 bits per heavy atom. The van der Waals surface area contributed by atoms with Crippen LogP contribution in [0.5, 0.6) is 0 Å². The van der Waals surface area contributed by atoms with Crippen LogP contribution >= 0.6 is 23.2 Å². The van der Waals surface area contributed by atoms with Crippen molar-refractivity contribution in [3.8, 4) is 0 Å². The van der Waals surface area contributed by atoms with Crippen molar-refractivity contribution >= 4 is 23.2 Å². The first-order valence-corrected chi connectivity index (χ1v) is 5.40. The topological polar surface area (TPSA) is 0 Å². The minimum atomic E-state index is 0.717. The Labute approximate surface area is 102 Å². The number of benzene rings is 1. The van der Waals surface area contributed by atoms with Gasteiger partial charge in [-0.15, -0.1) is 0 Å². The predicted octanol–water partition coefficient (Wildman–Crippen LogP) is 4.37. The van der Waals surface area contributed by atoms with Crippen molar-refractivity contribution in [3.05, 3.63) is 57.0 Å². The van der Waals surface area contributed by atoms with Crippen LogP contribution in [-0.4, -0.2) is 0 Å². The molecule has 0 saturated carbocycles. The van der Waals surface area contributed by atoms with Gasteiger partial charge in [-0.3, -0.25) is 0 Å². The number of hydrogen-bond acceptors (Lipinski definition) is 0. The van der Waals surface area contributed by atoms with Gasteiger partial charge in [0.25, 0.3) is 0 Å². The van der Waals surface area contributed by atoms with Crippen LogP contribution in [0.25, 0.3) is 0 Å². The van der Waals surface area contributed by atoms with Gasteiger partial charge < -0.3 is 0 Å². The molecule has 0 N–H and O–H groups in total. The molecular weight excluding hydrogens is 259 g/mol. The van der Waals surface area contributed by atoms with Crippen LogP contribution in [0.3, 0.4) is 0 Å². The van der Waals surface area contributed by atoms with Crippen LogP contribution in [0.15, 0.2) is 47.0 Å². The van der Waals surface area contributed by atoms with Crippen molar-refractivity contribution in [1.82, 2.24) is 0 Å². The molecule has 0 bridgehead atoms.